The van der Waals surface area contributed by atoms with Crippen LogP contribution in [-0.4, -0.2) is 54.8 Å². The highest BCUT2D eigenvalue weighted by atomic mass is 32.2. The van der Waals surface area contributed by atoms with Crippen molar-refractivity contribution in [3.8, 4) is 0 Å². The first kappa shape index (κ1) is 13.9. The van der Waals surface area contributed by atoms with Crippen LogP contribution in [0, 0.1) is 0 Å². The standard InChI is InChI=1S/C11H15N3O4S/c1-19(17,18)13-5-9-4-8(2-3-12-9)11(16)14-6-10(15)7-14/h2-4,10,13,15H,5-7H2,1H3. The largest absolute Gasteiger partial charge is 0.389 e. The number of amides is 1. The Morgan fingerprint density at radius 2 is 2.26 bits per heavy atom. The molecule has 1 aromatic heterocycles. The highest BCUT2D eigenvalue weighted by Gasteiger charge is 2.29. The molecule has 1 aliphatic heterocycles. The number of nitrogens with zero attached hydrogens (tertiary/aromatic N) is 2. The number of aromatic nitrogens is 1. The number of β-amino-alcohol motifs (C(OH)–C–C–N with tert-alkyl or cyclic N) is 1. The lowest BCUT2D eigenvalue weighted by molar-refractivity contribution is 0.00588. The third-order valence-corrected chi connectivity index (χ3v) is 3.40. The van der Waals surface area contributed by atoms with Gasteiger partial charge in [0.25, 0.3) is 5.91 Å². The highest BCUT2D eigenvalue weighted by Crippen LogP contribution is 2.13. The number of sulfonamides is 1. The van der Waals surface area contributed by atoms with Gasteiger partial charge in [0.1, 0.15) is 0 Å². The third-order valence-electron chi connectivity index (χ3n) is 2.73. The molecule has 1 aromatic rings. The van der Waals surface area contributed by atoms with Gasteiger partial charge in [0.15, 0.2) is 0 Å². The van der Waals surface area contributed by atoms with Crippen molar-refractivity contribution in [2.75, 3.05) is 19.3 Å². The third kappa shape index (κ3) is 3.72. The summed E-state index contributed by atoms with van der Waals surface area (Å²) < 4.78 is 24.3. The maximum atomic E-state index is 12.0. The summed E-state index contributed by atoms with van der Waals surface area (Å²) in [6.45, 7) is 0.707. The van der Waals surface area contributed by atoms with Gasteiger partial charge in [-0.05, 0) is 12.1 Å². The molecule has 19 heavy (non-hydrogen) atoms. The second-order valence-corrected chi connectivity index (χ2v) is 6.33. The topological polar surface area (TPSA) is 99.6 Å². The fraction of sp³-hybridized carbons (Fsp3) is 0.455. The van der Waals surface area contributed by atoms with E-state index in [9.17, 15) is 13.2 Å². The lowest BCUT2D eigenvalue weighted by Gasteiger charge is -2.35. The zero-order valence-electron chi connectivity index (χ0n) is 10.4. The Kier molecular flexibility index (Phi) is 3.83. The van der Waals surface area contributed by atoms with Gasteiger partial charge in [-0.1, -0.05) is 0 Å². The Morgan fingerprint density at radius 1 is 1.58 bits per heavy atom. The zero-order valence-corrected chi connectivity index (χ0v) is 11.2. The molecule has 0 aromatic carbocycles. The normalized spacial score (nSPS) is 16.2. The summed E-state index contributed by atoms with van der Waals surface area (Å²) in [6, 6.07) is 3.11. The van der Waals surface area contributed by atoms with Crippen LogP contribution in [0.4, 0.5) is 0 Å². The van der Waals surface area contributed by atoms with Gasteiger partial charge in [0.05, 0.1) is 24.6 Å². The van der Waals surface area contributed by atoms with Crippen LogP contribution in [0.15, 0.2) is 18.3 Å². The van der Waals surface area contributed by atoms with Crippen LogP contribution in [0.3, 0.4) is 0 Å². The van der Waals surface area contributed by atoms with Gasteiger partial charge in [-0.3, -0.25) is 9.78 Å². The summed E-state index contributed by atoms with van der Waals surface area (Å²) in [5, 5.41) is 9.16. The molecule has 8 heteroatoms. The number of carbonyl (C=O) groups excluding carboxylic acids is 1. The molecule has 0 saturated carbocycles. The average molecular weight is 285 g/mol. The second kappa shape index (κ2) is 5.24. The Bertz CT molecular complexity index is 581. The lowest BCUT2D eigenvalue weighted by atomic mass is 10.1. The van der Waals surface area contributed by atoms with Crippen molar-refractivity contribution in [3.05, 3.63) is 29.6 Å². The van der Waals surface area contributed by atoms with Crippen LogP contribution >= 0.6 is 0 Å². The summed E-state index contributed by atoms with van der Waals surface area (Å²) in [7, 11) is -3.29. The molecule has 1 amide bonds. The van der Waals surface area contributed by atoms with Crippen molar-refractivity contribution in [2.24, 2.45) is 0 Å². The molecule has 0 atom stereocenters. The molecule has 1 aliphatic rings. The fourth-order valence-electron chi connectivity index (χ4n) is 1.72. The molecule has 0 aliphatic carbocycles. The Labute approximate surface area is 111 Å². The molecule has 104 valence electrons. The second-order valence-electron chi connectivity index (χ2n) is 4.49. The van der Waals surface area contributed by atoms with E-state index < -0.39 is 16.1 Å². The number of nitrogens with one attached hydrogen (secondary N) is 1. The predicted octanol–water partition coefficient (Wildman–Crippen LogP) is -1.05. The van der Waals surface area contributed by atoms with Crippen LogP contribution in [-0.2, 0) is 16.6 Å². The first-order chi connectivity index (χ1) is 8.85. The van der Waals surface area contributed by atoms with Crippen LogP contribution < -0.4 is 4.72 Å². The molecule has 0 unspecified atom stereocenters. The molecular weight excluding hydrogens is 270 g/mol. The van der Waals surface area contributed by atoms with Crippen molar-refractivity contribution in [3.63, 3.8) is 0 Å². The minimum absolute atomic E-state index is 0.0442. The van der Waals surface area contributed by atoms with E-state index >= 15 is 0 Å². The van der Waals surface area contributed by atoms with Crippen LogP contribution in [0.5, 0.6) is 0 Å². The van der Waals surface area contributed by atoms with Crippen molar-refractivity contribution in [1.82, 2.24) is 14.6 Å². The number of likely N-dealkylation sites (tertiary alicyclic amines) is 1. The molecule has 2 rings (SSSR count). The summed E-state index contributed by atoms with van der Waals surface area (Å²) in [4.78, 5) is 17.5. The number of aliphatic hydroxyl groups excluding tert-OH is 1. The summed E-state index contributed by atoms with van der Waals surface area (Å²) >= 11 is 0. The number of pyridine rings is 1. The van der Waals surface area contributed by atoms with Crippen molar-refractivity contribution >= 4 is 15.9 Å². The molecule has 0 bridgehead atoms. The van der Waals surface area contributed by atoms with Gasteiger partial charge >= 0.3 is 0 Å². The number of carbonyl (C=O) groups is 1. The summed E-state index contributed by atoms with van der Waals surface area (Å²) in [5.74, 6) is -0.187. The molecule has 1 saturated heterocycles. The minimum atomic E-state index is -3.29. The number of aliphatic hydroxyl groups is 1. The SMILES string of the molecule is CS(=O)(=O)NCc1cc(C(=O)N2CC(O)C2)ccn1. The number of hydrogen-bond donors (Lipinski definition) is 2. The van der Waals surface area contributed by atoms with Gasteiger partial charge in [-0.15, -0.1) is 0 Å². The molecule has 0 radical (unpaired) electrons. The Balaban J connectivity index is 2.04. The maximum Gasteiger partial charge on any atom is 0.254 e. The molecule has 7 nitrogen and oxygen atoms in total. The van der Waals surface area contributed by atoms with E-state index in [-0.39, 0.29) is 12.5 Å². The van der Waals surface area contributed by atoms with Crippen LogP contribution in [0.25, 0.3) is 0 Å². The van der Waals surface area contributed by atoms with Gasteiger partial charge in [-0.2, -0.15) is 0 Å². The lowest BCUT2D eigenvalue weighted by Crippen LogP contribution is -2.53. The number of hydrogen-bond acceptors (Lipinski definition) is 5. The highest BCUT2D eigenvalue weighted by molar-refractivity contribution is 7.88. The average Bonchev–Trinajstić information content (AvgIpc) is 2.31. The van der Waals surface area contributed by atoms with Gasteiger partial charge in [0, 0.05) is 24.8 Å². The smallest absolute Gasteiger partial charge is 0.254 e. The van der Waals surface area contributed by atoms with E-state index in [4.69, 9.17) is 5.11 Å². The van der Waals surface area contributed by atoms with E-state index in [1.54, 1.807) is 12.1 Å². The zero-order chi connectivity index (χ0) is 14.0. The van der Waals surface area contributed by atoms with Gasteiger partial charge in [-0.25, -0.2) is 13.1 Å². The predicted molar refractivity (Wildman–Crippen MR) is 67.8 cm³/mol. The van der Waals surface area contributed by atoms with E-state index in [1.165, 1.54) is 11.1 Å². The fourth-order valence-corrected chi connectivity index (χ4v) is 2.13. The summed E-state index contributed by atoms with van der Waals surface area (Å²) in [6.07, 6.45) is 2.07. The molecular formula is C11H15N3O4S. The van der Waals surface area contributed by atoms with E-state index in [0.717, 1.165) is 6.26 Å². The van der Waals surface area contributed by atoms with E-state index in [1.807, 2.05) is 0 Å². The summed E-state index contributed by atoms with van der Waals surface area (Å²) in [5.41, 5.74) is 0.907. The maximum absolute atomic E-state index is 12.0. The monoisotopic (exact) mass is 285 g/mol. The van der Waals surface area contributed by atoms with Crippen LogP contribution in [0.2, 0.25) is 0 Å². The number of rotatable bonds is 4. The molecule has 2 N–H and O–H groups in total. The first-order valence-electron chi connectivity index (χ1n) is 5.72. The van der Waals surface area contributed by atoms with Gasteiger partial charge in [0.2, 0.25) is 10.0 Å². The molecule has 0 spiro atoms. The first-order valence-corrected chi connectivity index (χ1v) is 7.61. The van der Waals surface area contributed by atoms with Crippen LogP contribution in [0.1, 0.15) is 16.1 Å². The molecule has 2 heterocycles. The van der Waals surface area contributed by atoms with Crippen molar-refractivity contribution in [2.45, 2.75) is 12.6 Å². The van der Waals surface area contributed by atoms with Gasteiger partial charge < -0.3 is 10.0 Å². The Hall–Kier alpha value is -1.51. The molecule has 1 fully saturated rings. The Morgan fingerprint density at radius 3 is 2.84 bits per heavy atom. The van der Waals surface area contributed by atoms with E-state index in [0.29, 0.717) is 24.3 Å². The van der Waals surface area contributed by atoms with Crippen molar-refractivity contribution in [1.29, 1.82) is 0 Å². The quantitative estimate of drug-likeness (QED) is 0.735. The van der Waals surface area contributed by atoms with Crippen molar-refractivity contribution < 1.29 is 18.3 Å². The minimum Gasteiger partial charge on any atom is -0.389 e. The van der Waals surface area contributed by atoms with E-state index in [2.05, 4.69) is 9.71 Å².